The average Bonchev–Trinajstić information content (AvgIpc) is 2.36. The monoisotopic (exact) mass is 240 g/mol. The van der Waals surface area contributed by atoms with Crippen molar-refractivity contribution in [2.24, 2.45) is 0 Å². The highest BCUT2D eigenvalue weighted by atomic mass is 16.5. The highest BCUT2D eigenvalue weighted by Gasteiger charge is 2.18. The van der Waals surface area contributed by atoms with Crippen molar-refractivity contribution in [1.82, 2.24) is 0 Å². The van der Waals surface area contributed by atoms with E-state index in [0.29, 0.717) is 17.9 Å². The largest absolute Gasteiger partial charge is 0.494 e. The minimum Gasteiger partial charge on any atom is -0.494 e. The second-order valence-electron chi connectivity index (χ2n) is 3.95. The topological polar surface area (TPSA) is 69.9 Å². The van der Waals surface area contributed by atoms with Gasteiger partial charge in [-0.15, -0.1) is 0 Å². The second kappa shape index (κ2) is 7.27. The van der Waals surface area contributed by atoms with Crippen LogP contribution in [0.15, 0.2) is 24.3 Å². The minimum absolute atomic E-state index is 0.149. The van der Waals surface area contributed by atoms with E-state index in [0.717, 1.165) is 6.42 Å². The maximum absolute atomic E-state index is 9.85. The van der Waals surface area contributed by atoms with E-state index in [1.807, 2.05) is 13.0 Å². The summed E-state index contributed by atoms with van der Waals surface area (Å²) >= 11 is 0. The van der Waals surface area contributed by atoms with Crippen LogP contribution in [0.4, 0.5) is 0 Å². The smallest absolute Gasteiger partial charge is 0.119 e. The van der Waals surface area contributed by atoms with Crippen molar-refractivity contribution in [2.75, 3.05) is 13.2 Å². The molecule has 0 spiro atoms. The Balaban J connectivity index is 2.69. The van der Waals surface area contributed by atoms with Gasteiger partial charge in [-0.25, -0.2) is 0 Å². The Labute approximate surface area is 101 Å². The summed E-state index contributed by atoms with van der Waals surface area (Å²) in [5.41, 5.74) is 0.597. The molecule has 0 heterocycles. The third-order valence-corrected chi connectivity index (χ3v) is 2.46. The van der Waals surface area contributed by atoms with E-state index in [1.54, 1.807) is 18.2 Å². The molecule has 0 fully saturated rings. The third kappa shape index (κ3) is 4.34. The number of ether oxygens (including phenoxy) is 1. The van der Waals surface area contributed by atoms with Crippen molar-refractivity contribution >= 4 is 0 Å². The SMILES string of the molecule is CCCOc1cccc(C(O)C(O)CCO)c1. The van der Waals surface area contributed by atoms with E-state index in [9.17, 15) is 10.2 Å². The zero-order valence-electron chi connectivity index (χ0n) is 10.0. The van der Waals surface area contributed by atoms with Crippen LogP contribution in [0.25, 0.3) is 0 Å². The molecule has 0 aliphatic carbocycles. The maximum Gasteiger partial charge on any atom is 0.119 e. The van der Waals surface area contributed by atoms with Crippen LogP contribution in [0, 0.1) is 0 Å². The molecule has 0 aromatic heterocycles. The lowest BCUT2D eigenvalue weighted by molar-refractivity contribution is 0.00411. The van der Waals surface area contributed by atoms with Gasteiger partial charge < -0.3 is 20.1 Å². The van der Waals surface area contributed by atoms with Crippen LogP contribution in [0.1, 0.15) is 31.4 Å². The zero-order valence-corrected chi connectivity index (χ0v) is 10.0. The molecular formula is C13H20O4. The van der Waals surface area contributed by atoms with Gasteiger partial charge in [0.25, 0.3) is 0 Å². The number of benzene rings is 1. The van der Waals surface area contributed by atoms with Gasteiger partial charge in [0, 0.05) is 6.61 Å². The summed E-state index contributed by atoms with van der Waals surface area (Å²) in [5.74, 6) is 0.680. The van der Waals surface area contributed by atoms with Gasteiger partial charge in [-0.1, -0.05) is 19.1 Å². The summed E-state index contributed by atoms with van der Waals surface area (Å²) in [4.78, 5) is 0. The predicted octanol–water partition coefficient (Wildman–Crippen LogP) is 1.25. The molecule has 0 aliphatic heterocycles. The first-order chi connectivity index (χ1) is 8.19. The lowest BCUT2D eigenvalue weighted by atomic mass is 10.0. The molecule has 0 bridgehead atoms. The number of aliphatic hydroxyl groups excluding tert-OH is 3. The highest BCUT2D eigenvalue weighted by Crippen LogP contribution is 2.23. The van der Waals surface area contributed by atoms with Crippen molar-refractivity contribution in [3.05, 3.63) is 29.8 Å². The first-order valence-electron chi connectivity index (χ1n) is 5.88. The number of hydrogen-bond donors (Lipinski definition) is 3. The second-order valence-corrected chi connectivity index (χ2v) is 3.95. The van der Waals surface area contributed by atoms with Crippen LogP contribution >= 0.6 is 0 Å². The van der Waals surface area contributed by atoms with E-state index < -0.39 is 12.2 Å². The normalized spacial score (nSPS) is 14.4. The maximum atomic E-state index is 9.85. The van der Waals surface area contributed by atoms with Gasteiger partial charge in [0.05, 0.1) is 12.7 Å². The zero-order chi connectivity index (χ0) is 12.7. The Morgan fingerprint density at radius 3 is 2.71 bits per heavy atom. The number of hydrogen-bond acceptors (Lipinski definition) is 4. The predicted molar refractivity (Wildman–Crippen MR) is 64.9 cm³/mol. The van der Waals surface area contributed by atoms with Gasteiger partial charge in [-0.3, -0.25) is 0 Å². The Kier molecular flexibility index (Phi) is 5.97. The number of aliphatic hydroxyl groups is 3. The quantitative estimate of drug-likeness (QED) is 0.671. The summed E-state index contributed by atoms with van der Waals surface area (Å²) in [6.45, 7) is 2.49. The summed E-state index contributed by atoms with van der Waals surface area (Å²) in [7, 11) is 0. The first-order valence-corrected chi connectivity index (χ1v) is 5.88. The molecule has 0 radical (unpaired) electrons. The standard InChI is InChI=1S/C13H20O4/c1-2-8-17-11-5-3-4-10(9-11)13(16)12(15)6-7-14/h3-5,9,12-16H,2,6-8H2,1H3. The van der Waals surface area contributed by atoms with Crippen molar-refractivity contribution in [1.29, 1.82) is 0 Å². The molecule has 4 nitrogen and oxygen atoms in total. The van der Waals surface area contributed by atoms with Gasteiger partial charge in [0.1, 0.15) is 11.9 Å². The lowest BCUT2D eigenvalue weighted by Crippen LogP contribution is -2.19. The van der Waals surface area contributed by atoms with E-state index >= 15 is 0 Å². The molecule has 17 heavy (non-hydrogen) atoms. The van der Waals surface area contributed by atoms with Crippen molar-refractivity contribution in [3.63, 3.8) is 0 Å². The van der Waals surface area contributed by atoms with E-state index in [1.165, 1.54) is 0 Å². The molecule has 0 amide bonds. The molecule has 0 aliphatic rings. The molecule has 3 N–H and O–H groups in total. The summed E-state index contributed by atoms with van der Waals surface area (Å²) in [6.07, 6.45) is -0.880. The molecule has 1 rings (SSSR count). The van der Waals surface area contributed by atoms with E-state index in [2.05, 4.69) is 0 Å². The Hall–Kier alpha value is -1.10. The fraction of sp³-hybridized carbons (Fsp3) is 0.538. The van der Waals surface area contributed by atoms with Gasteiger partial charge in [0.15, 0.2) is 0 Å². The van der Waals surface area contributed by atoms with Gasteiger partial charge >= 0.3 is 0 Å². The number of rotatable bonds is 7. The van der Waals surface area contributed by atoms with E-state index in [4.69, 9.17) is 9.84 Å². The fourth-order valence-electron chi connectivity index (χ4n) is 1.52. The minimum atomic E-state index is -0.993. The highest BCUT2D eigenvalue weighted by molar-refractivity contribution is 5.30. The average molecular weight is 240 g/mol. The molecule has 1 aromatic rings. The molecule has 96 valence electrons. The van der Waals surface area contributed by atoms with Crippen molar-refractivity contribution in [3.8, 4) is 5.75 Å². The molecule has 4 heteroatoms. The van der Waals surface area contributed by atoms with Crippen LogP contribution in [0.3, 0.4) is 0 Å². The van der Waals surface area contributed by atoms with Crippen LogP contribution in [0.5, 0.6) is 5.75 Å². The first kappa shape index (κ1) is 14.0. The molecule has 1 aromatic carbocycles. The van der Waals surface area contributed by atoms with Gasteiger partial charge in [0.2, 0.25) is 0 Å². The molecule has 0 saturated heterocycles. The summed E-state index contributed by atoms with van der Waals surface area (Å²) < 4.78 is 5.44. The van der Waals surface area contributed by atoms with Gasteiger partial charge in [-0.2, -0.15) is 0 Å². The fourth-order valence-corrected chi connectivity index (χ4v) is 1.52. The third-order valence-electron chi connectivity index (χ3n) is 2.46. The van der Waals surface area contributed by atoms with Crippen molar-refractivity contribution < 1.29 is 20.1 Å². The van der Waals surface area contributed by atoms with Crippen LogP contribution in [-0.2, 0) is 0 Å². The van der Waals surface area contributed by atoms with Crippen LogP contribution in [-0.4, -0.2) is 34.6 Å². The van der Waals surface area contributed by atoms with Crippen LogP contribution < -0.4 is 4.74 Å². The summed E-state index contributed by atoms with van der Waals surface area (Å²) in [6, 6.07) is 7.02. The Bertz CT molecular complexity index is 327. The summed E-state index contributed by atoms with van der Waals surface area (Å²) in [5, 5.41) is 28.1. The molecule has 2 unspecified atom stereocenters. The molecule has 0 saturated carbocycles. The Morgan fingerprint density at radius 2 is 2.06 bits per heavy atom. The van der Waals surface area contributed by atoms with E-state index in [-0.39, 0.29) is 13.0 Å². The molecular weight excluding hydrogens is 220 g/mol. The van der Waals surface area contributed by atoms with Crippen molar-refractivity contribution in [2.45, 2.75) is 32.0 Å². The lowest BCUT2D eigenvalue weighted by Gasteiger charge is -2.18. The Morgan fingerprint density at radius 1 is 1.29 bits per heavy atom. The molecule has 2 atom stereocenters. The van der Waals surface area contributed by atoms with Gasteiger partial charge in [-0.05, 0) is 30.5 Å². The van der Waals surface area contributed by atoms with Crippen LogP contribution in [0.2, 0.25) is 0 Å².